The van der Waals surface area contributed by atoms with Crippen molar-refractivity contribution in [2.24, 2.45) is 0 Å². The molecule has 166 valence electrons. The zero-order chi connectivity index (χ0) is 22.4. The van der Waals surface area contributed by atoms with Crippen molar-refractivity contribution in [3.63, 3.8) is 0 Å². The molecular weight excluding hydrogens is 428 g/mol. The van der Waals surface area contributed by atoms with Gasteiger partial charge in [-0.1, -0.05) is 30.3 Å². The number of benzene rings is 2. The largest absolute Gasteiger partial charge is 0.475 e. The van der Waals surface area contributed by atoms with Gasteiger partial charge in [0.15, 0.2) is 0 Å². The van der Waals surface area contributed by atoms with Crippen LogP contribution in [0.25, 0.3) is 11.3 Å². The maximum Gasteiger partial charge on any atom is 0.251 e. The molecule has 4 rings (SSSR count). The number of amides is 1. The van der Waals surface area contributed by atoms with Gasteiger partial charge in [0.2, 0.25) is 15.9 Å². The van der Waals surface area contributed by atoms with Gasteiger partial charge < -0.3 is 10.1 Å². The van der Waals surface area contributed by atoms with Crippen molar-refractivity contribution >= 4 is 15.9 Å². The molecule has 2 heterocycles. The van der Waals surface area contributed by atoms with Crippen LogP contribution in [0.4, 0.5) is 0 Å². The Kier molecular flexibility index (Phi) is 6.77. The lowest BCUT2D eigenvalue weighted by molar-refractivity contribution is 0.0946. The molecule has 3 aromatic rings. The van der Waals surface area contributed by atoms with E-state index in [9.17, 15) is 13.2 Å². The number of nitrogens with zero attached hydrogens (tertiary/aromatic N) is 3. The van der Waals surface area contributed by atoms with E-state index in [1.807, 2.05) is 36.4 Å². The van der Waals surface area contributed by atoms with Gasteiger partial charge in [0.25, 0.3) is 5.91 Å². The number of ether oxygens (including phenoxy) is 1. The number of sulfonamides is 1. The average Bonchev–Trinajstić information content (AvgIpc) is 3.39. The molecule has 1 fully saturated rings. The van der Waals surface area contributed by atoms with Crippen molar-refractivity contribution in [3.05, 3.63) is 72.3 Å². The second-order valence-electron chi connectivity index (χ2n) is 7.36. The summed E-state index contributed by atoms with van der Waals surface area (Å²) in [4.78, 5) is 12.5. The Morgan fingerprint density at radius 1 is 0.938 bits per heavy atom. The third-order valence-corrected chi connectivity index (χ3v) is 7.08. The molecule has 1 amide bonds. The summed E-state index contributed by atoms with van der Waals surface area (Å²) >= 11 is 0. The smallest absolute Gasteiger partial charge is 0.251 e. The maximum atomic E-state index is 12.6. The summed E-state index contributed by atoms with van der Waals surface area (Å²) in [7, 11) is -3.48. The van der Waals surface area contributed by atoms with Gasteiger partial charge in [-0.25, -0.2) is 8.42 Å². The Hall–Kier alpha value is -3.30. The lowest BCUT2D eigenvalue weighted by Crippen LogP contribution is -2.29. The van der Waals surface area contributed by atoms with Crippen molar-refractivity contribution in [2.75, 3.05) is 26.2 Å². The van der Waals surface area contributed by atoms with Crippen LogP contribution in [0.15, 0.2) is 71.6 Å². The summed E-state index contributed by atoms with van der Waals surface area (Å²) in [6, 6.07) is 19.3. The normalized spacial score (nSPS) is 14.2. The number of hydrogen-bond donors (Lipinski definition) is 1. The highest BCUT2D eigenvalue weighted by molar-refractivity contribution is 7.89. The molecule has 0 aliphatic carbocycles. The van der Waals surface area contributed by atoms with Gasteiger partial charge in [-0.05, 0) is 43.2 Å². The predicted molar refractivity (Wildman–Crippen MR) is 120 cm³/mol. The van der Waals surface area contributed by atoms with Crippen LogP contribution >= 0.6 is 0 Å². The monoisotopic (exact) mass is 452 g/mol. The number of nitrogens with one attached hydrogen (secondary N) is 1. The molecule has 8 nitrogen and oxygen atoms in total. The van der Waals surface area contributed by atoms with Gasteiger partial charge in [0, 0.05) is 30.3 Å². The minimum atomic E-state index is -3.48. The van der Waals surface area contributed by atoms with Crippen LogP contribution in [0.5, 0.6) is 5.88 Å². The van der Waals surface area contributed by atoms with Gasteiger partial charge in [0.1, 0.15) is 6.61 Å². The van der Waals surface area contributed by atoms with E-state index in [1.54, 1.807) is 6.07 Å². The second-order valence-corrected chi connectivity index (χ2v) is 9.30. The van der Waals surface area contributed by atoms with Crippen molar-refractivity contribution in [1.82, 2.24) is 19.8 Å². The minimum Gasteiger partial charge on any atom is -0.475 e. The molecule has 1 saturated heterocycles. The van der Waals surface area contributed by atoms with Crippen molar-refractivity contribution in [1.29, 1.82) is 0 Å². The number of rotatable bonds is 8. The van der Waals surface area contributed by atoms with E-state index < -0.39 is 10.0 Å². The first-order valence-electron chi connectivity index (χ1n) is 10.4. The third kappa shape index (κ3) is 5.12. The maximum absolute atomic E-state index is 12.6. The summed E-state index contributed by atoms with van der Waals surface area (Å²) in [5.74, 6) is 0.0691. The van der Waals surface area contributed by atoms with Crippen molar-refractivity contribution in [2.45, 2.75) is 17.7 Å². The predicted octanol–water partition coefficient (Wildman–Crippen LogP) is 2.74. The topological polar surface area (TPSA) is 101 Å². The Morgan fingerprint density at radius 3 is 2.31 bits per heavy atom. The minimum absolute atomic E-state index is 0.205. The molecule has 0 spiro atoms. The fourth-order valence-corrected chi connectivity index (χ4v) is 4.96. The van der Waals surface area contributed by atoms with Gasteiger partial charge >= 0.3 is 0 Å². The molecule has 0 unspecified atom stereocenters. The number of hydrogen-bond acceptors (Lipinski definition) is 6. The first kappa shape index (κ1) is 21.9. The molecule has 0 saturated carbocycles. The summed E-state index contributed by atoms with van der Waals surface area (Å²) in [6.45, 7) is 1.59. The van der Waals surface area contributed by atoms with E-state index in [0.717, 1.165) is 24.1 Å². The number of carbonyl (C=O) groups excluding carboxylic acids is 1. The Bertz CT molecular complexity index is 1140. The zero-order valence-electron chi connectivity index (χ0n) is 17.5. The first-order valence-corrected chi connectivity index (χ1v) is 11.9. The Labute approximate surface area is 187 Å². The van der Waals surface area contributed by atoms with Crippen LogP contribution in [0, 0.1) is 0 Å². The van der Waals surface area contributed by atoms with Gasteiger partial charge in [-0.15, -0.1) is 10.2 Å². The second kappa shape index (κ2) is 9.88. The SMILES string of the molecule is O=C(NCCOc1ccc(-c2ccccc2)nn1)c1ccc(S(=O)(=O)N2CCCC2)cc1. The van der Waals surface area contributed by atoms with E-state index in [-0.39, 0.29) is 24.0 Å². The first-order chi connectivity index (χ1) is 15.5. The molecule has 0 atom stereocenters. The quantitative estimate of drug-likeness (QED) is 0.528. The van der Waals surface area contributed by atoms with Gasteiger partial charge in [-0.3, -0.25) is 4.79 Å². The molecule has 1 N–H and O–H groups in total. The summed E-state index contributed by atoms with van der Waals surface area (Å²) < 4.78 is 32.1. The number of aromatic nitrogens is 2. The van der Waals surface area contributed by atoms with Crippen LogP contribution in [-0.4, -0.2) is 55.1 Å². The fourth-order valence-electron chi connectivity index (χ4n) is 3.44. The molecule has 9 heteroatoms. The zero-order valence-corrected chi connectivity index (χ0v) is 18.3. The highest BCUT2D eigenvalue weighted by Gasteiger charge is 2.27. The molecule has 1 aromatic heterocycles. The van der Waals surface area contributed by atoms with Crippen LogP contribution in [0.2, 0.25) is 0 Å². The molecule has 1 aliphatic rings. The highest BCUT2D eigenvalue weighted by atomic mass is 32.2. The molecule has 32 heavy (non-hydrogen) atoms. The fraction of sp³-hybridized carbons (Fsp3) is 0.261. The average molecular weight is 453 g/mol. The molecule has 2 aromatic carbocycles. The van der Waals surface area contributed by atoms with Crippen molar-refractivity contribution in [3.8, 4) is 17.1 Å². The molecule has 0 radical (unpaired) electrons. The standard InChI is InChI=1S/C23H24N4O4S/c28-23(19-8-10-20(11-9-19)32(29,30)27-15-4-5-16-27)24-14-17-31-22-13-12-21(25-26-22)18-6-2-1-3-7-18/h1-3,6-13H,4-5,14-17H2,(H,24,28). The number of carbonyl (C=O) groups is 1. The van der Waals surface area contributed by atoms with Gasteiger partial charge in [-0.2, -0.15) is 4.31 Å². The summed E-state index contributed by atoms with van der Waals surface area (Å²) in [5.41, 5.74) is 2.11. The van der Waals surface area contributed by atoms with E-state index >= 15 is 0 Å². The van der Waals surface area contributed by atoms with Crippen LogP contribution in [0.1, 0.15) is 23.2 Å². The highest BCUT2D eigenvalue weighted by Crippen LogP contribution is 2.21. The van der Waals surface area contributed by atoms with Gasteiger partial charge in [0.05, 0.1) is 17.1 Å². The van der Waals surface area contributed by atoms with Crippen LogP contribution in [0.3, 0.4) is 0 Å². The Morgan fingerprint density at radius 2 is 1.66 bits per heavy atom. The summed E-state index contributed by atoms with van der Waals surface area (Å²) in [6.07, 6.45) is 1.76. The van der Waals surface area contributed by atoms with Crippen LogP contribution in [-0.2, 0) is 10.0 Å². The van der Waals surface area contributed by atoms with E-state index in [0.29, 0.717) is 24.5 Å². The Balaban J connectivity index is 1.25. The van der Waals surface area contributed by atoms with Crippen molar-refractivity contribution < 1.29 is 17.9 Å². The van der Waals surface area contributed by atoms with Crippen LogP contribution < -0.4 is 10.1 Å². The van der Waals surface area contributed by atoms with E-state index in [2.05, 4.69) is 15.5 Å². The van der Waals surface area contributed by atoms with E-state index in [4.69, 9.17) is 4.74 Å². The third-order valence-electron chi connectivity index (χ3n) is 5.17. The molecular formula is C23H24N4O4S. The lowest BCUT2D eigenvalue weighted by Gasteiger charge is -2.15. The lowest BCUT2D eigenvalue weighted by atomic mass is 10.1. The summed E-state index contributed by atoms with van der Waals surface area (Å²) in [5, 5.41) is 10.9. The molecule has 0 bridgehead atoms. The van der Waals surface area contributed by atoms with E-state index in [1.165, 1.54) is 28.6 Å². The molecule has 1 aliphatic heterocycles.